The van der Waals surface area contributed by atoms with E-state index < -0.39 is 55.1 Å². The molecule has 0 heterocycles. The van der Waals surface area contributed by atoms with E-state index in [1.165, 1.54) is 0 Å². The van der Waals surface area contributed by atoms with Crippen molar-refractivity contribution in [2.75, 3.05) is 19.8 Å². The van der Waals surface area contributed by atoms with Gasteiger partial charge in [0.2, 0.25) is 0 Å². The lowest BCUT2D eigenvalue weighted by atomic mass is 10.1. The van der Waals surface area contributed by atoms with Crippen LogP contribution in [0.3, 0.4) is 0 Å². The summed E-state index contributed by atoms with van der Waals surface area (Å²) < 4.78 is 17.7. The normalized spacial score (nSPS) is 10.5. The molecule has 0 aliphatic carbocycles. The second-order valence-electron chi connectivity index (χ2n) is 9.32. The lowest BCUT2D eigenvalue weighted by Crippen LogP contribution is -2.19. The minimum atomic E-state index is -1.01. The maximum atomic E-state index is 12.9. The van der Waals surface area contributed by atoms with Crippen LogP contribution in [0.15, 0.2) is 104 Å². The summed E-state index contributed by atoms with van der Waals surface area (Å²) in [5.41, 5.74) is 0.117. The maximum absolute atomic E-state index is 12.9. The number of benzene rings is 4. The van der Waals surface area contributed by atoms with Gasteiger partial charge in [0.1, 0.15) is 0 Å². The second kappa shape index (κ2) is 15.6. The van der Waals surface area contributed by atoms with Gasteiger partial charge < -0.3 is 14.2 Å². The largest absolute Gasteiger partial charge is 0.454 e. The van der Waals surface area contributed by atoms with Crippen LogP contribution < -0.4 is 0 Å². The summed E-state index contributed by atoms with van der Waals surface area (Å²) >= 11 is 9.83. The number of halogens is 3. The Morgan fingerprint density at radius 2 is 0.600 bits per heavy atom. The van der Waals surface area contributed by atoms with Gasteiger partial charge in [0.25, 0.3) is 0 Å². The fraction of sp³-hybridized carbons (Fsp3) is 0.0909. The van der Waals surface area contributed by atoms with E-state index in [0.717, 1.165) is 31.6 Å². The number of Topliss-reactive ketones (excluding diaryl/α,β-unsaturated/α-hetero) is 3. The quantitative estimate of drug-likeness (QED) is 0.0838. The number of ether oxygens (including phenoxy) is 3. The standard InChI is InChI=1S/C33H21Br3O9/c34-25-7-1-19(2-8-25)28(37)16-43-31(40)22-13-23(32(41)44-17-29(38)20-3-9-26(35)10-4-20)15-24(14-22)33(42)45-18-30(39)21-5-11-27(36)12-6-21/h1-15H,16-18H2. The zero-order chi connectivity index (χ0) is 32.5. The Bertz CT molecular complexity index is 1540. The molecule has 45 heavy (non-hydrogen) atoms. The van der Waals surface area contributed by atoms with Gasteiger partial charge in [-0.05, 0) is 54.6 Å². The topological polar surface area (TPSA) is 130 Å². The first-order valence-electron chi connectivity index (χ1n) is 13.0. The van der Waals surface area contributed by atoms with Gasteiger partial charge in [-0.15, -0.1) is 0 Å². The van der Waals surface area contributed by atoms with Gasteiger partial charge in [0, 0.05) is 30.1 Å². The molecule has 0 aromatic heterocycles. The highest BCUT2D eigenvalue weighted by Crippen LogP contribution is 2.17. The van der Waals surface area contributed by atoms with E-state index in [4.69, 9.17) is 14.2 Å². The van der Waals surface area contributed by atoms with Crippen molar-refractivity contribution in [2.45, 2.75) is 0 Å². The van der Waals surface area contributed by atoms with Crippen molar-refractivity contribution in [3.63, 3.8) is 0 Å². The molecule has 0 unspecified atom stereocenters. The summed E-state index contributed by atoms with van der Waals surface area (Å²) in [6, 6.07) is 22.6. The Kier molecular flexibility index (Phi) is 11.7. The molecule has 228 valence electrons. The molecule has 0 radical (unpaired) electrons. The van der Waals surface area contributed by atoms with Crippen LogP contribution >= 0.6 is 47.8 Å². The van der Waals surface area contributed by atoms with E-state index in [2.05, 4.69) is 47.8 Å². The van der Waals surface area contributed by atoms with Crippen molar-refractivity contribution in [1.29, 1.82) is 0 Å². The Morgan fingerprint density at radius 3 is 0.822 bits per heavy atom. The third-order valence-corrected chi connectivity index (χ3v) is 7.73. The molecule has 9 nitrogen and oxygen atoms in total. The first kappa shape index (κ1) is 33.6. The van der Waals surface area contributed by atoms with Gasteiger partial charge in [0.15, 0.2) is 37.2 Å². The van der Waals surface area contributed by atoms with E-state index in [-0.39, 0.29) is 16.7 Å². The van der Waals surface area contributed by atoms with Gasteiger partial charge >= 0.3 is 17.9 Å². The minimum Gasteiger partial charge on any atom is -0.454 e. The van der Waals surface area contributed by atoms with Gasteiger partial charge in [0.05, 0.1) is 16.7 Å². The number of carbonyl (C=O) groups is 6. The molecule has 0 saturated heterocycles. The molecule has 12 heteroatoms. The summed E-state index contributed by atoms with van der Waals surface area (Å²) in [7, 11) is 0. The van der Waals surface area contributed by atoms with E-state index >= 15 is 0 Å². The molecule has 0 amide bonds. The van der Waals surface area contributed by atoms with Crippen LogP contribution in [0.25, 0.3) is 0 Å². The van der Waals surface area contributed by atoms with Crippen molar-refractivity contribution in [1.82, 2.24) is 0 Å². The fourth-order valence-corrected chi connectivity index (χ4v) is 4.57. The Labute approximate surface area is 282 Å². The molecule has 0 aliphatic heterocycles. The molecular weight excluding hydrogens is 780 g/mol. The SMILES string of the molecule is O=C(COC(=O)c1cc(C(=O)OCC(=O)c2ccc(Br)cc2)cc(C(=O)OCC(=O)c2ccc(Br)cc2)c1)c1ccc(Br)cc1. The monoisotopic (exact) mass is 798 g/mol. The van der Waals surface area contributed by atoms with Crippen LogP contribution in [0, 0.1) is 0 Å². The fourth-order valence-electron chi connectivity index (χ4n) is 3.78. The Hall–Kier alpha value is -4.26. The van der Waals surface area contributed by atoms with Gasteiger partial charge in [-0.25, -0.2) is 14.4 Å². The van der Waals surface area contributed by atoms with Crippen LogP contribution in [0.4, 0.5) is 0 Å². The van der Waals surface area contributed by atoms with Crippen molar-refractivity contribution >= 4 is 83.0 Å². The molecule has 0 bridgehead atoms. The Balaban J connectivity index is 1.51. The number of ketones is 3. The third kappa shape index (κ3) is 9.61. The lowest BCUT2D eigenvalue weighted by Gasteiger charge is -2.10. The molecule has 0 saturated carbocycles. The zero-order valence-corrected chi connectivity index (χ0v) is 27.8. The van der Waals surface area contributed by atoms with E-state index in [9.17, 15) is 28.8 Å². The summed E-state index contributed by atoms with van der Waals surface area (Å²) in [6.45, 7) is -1.84. The zero-order valence-electron chi connectivity index (χ0n) is 23.1. The molecule has 4 aromatic rings. The molecule has 4 aromatic carbocycles. The predicted molar refractivity (Wildman–Crippen MR) is 173 cm³/mol. The summed E-state index contributed by atoms with van der Waals surface area (Å²) in [4.78, 5) is 76.3. The Morgan fingerprint density at radius 1 is 0.378 bits per heavy atom. The van der Waals surface area contributed by atoms with Gasteiger partial charge in [-0.3, -0.25) is 14.4 Å². The van der Waals surface area contributed by atoms with E-state index in [1.807, 2.05) is 0 Å². The molecule has 0 N–H and O–H groups in total. The van der Waals surface area contributed by atoms with Gasteiger partial charge in [-0.2, -0.15) is 0 Å². The summed E-state index contributed by atoms with van der Waals surface area (Å²) in [5.74, 6) is -4.49. The number of hydrogen-bond donors (Lipinski definition) is 0. The highest BCUT2D eigenvalue weighted by atomic mass is 79.9. The summed E-state index contributed by atoms with van der Waals surface area (Å²) in [5, 5.41) is 0. The van der Waals surface area contributed by atoms with Crippen LogP contribution in [0.1, 0.15) is 62.1 Å². The molecule has 0 atom stereocenters. The first-order chi connectivity index (χ1) is 21.5. The number of esters is 3. The average Bonchev–Trinajstić information content (AvgIpc) is 3.05. The van der Waals surface area contributed by atoms with E-state index in [0.29, 0.717) is 16.7 Å². The second-order valence-corrected chi connectivity index (χ2v) is 12.1. The molecule has 0 aliphatic rings. The smallest absolute Gasteiger partial charge is 0.338 e. The summed E-state index contributed by atoms with van der Waals surface area (Å²) in [6.07, 6.45) is 0. The average molecular weight is 801 g/mol. The highest BCUT2D eigenvalue weighted by molar-refractivity contribution is 9.11. The maximum Gasteiger partial charge on any atom is 0.338 e. The van der Waals surface area contributed by atoms with Gasteiger partial charge in [-0.1, -0.05) is 84.2 Å². The van der Waals surface area contributed by atoms with Crippen LogP contribution in [-0.2, 0) is 14.2 Å². The van der Waals surface area contributed by atoms with Crippen molar-refractivity contribution in [3.05, 3.63) is 138 Å². The molecular formula is C33H21Br3O9. The van der Waals surface area contributed by atoms with Crippen LogP contribution in [0.5, 0.6) is 0 Å². The van der Waals surface area contributed by atoms with Crippen molar-refractivity contribution in [3.8, 4) is 0 Å². The van der Waals surface area contributed by atoms with Crippen molar-refractivity contribution in [2.24, 2.45) is 0 Å². The van der Waals surface area contributed by atoms with E-state index in [1.54, 1.807) is 72.8 Å². The molecule has 0 spiro atoms. The molecule has 0 fully saturated rings. The lowest BCUT2D eigenvalue weighted by molar-refractivity contribution is 0.0461. The number of carbonyl (C=O) groups excluding carboxylic acids is 6. The highest BCUT2D eigenvalue weighted by Gasteiger charge is 2.21. The number of rotatable bonds is 12. The third-order valence-electron chi connectivity index (χ3n) is 6.14. The predicted octanol–water partition coefficient (Wildman–Crippen LogP) is 7.09. The molecule has 4 rings (SSSR count). The number of hydrogen-bond acceptors (Lipinski definition) is 9. The van der Waals surface area contributed by atoms with Crippen molar-refractivity contribution < 1.29 is 43.0 Å². The first-order valence-corrected chi connectivity index (χ1v) is 15.4. The van der Waals surface area contributed by atoms with Crippen LogP contribution in [0.2, 0.25) is 0 Å². The minimum absolute atomic E-state index is 0.265. The van der Waals surface area contributed by atoms with Crippen LogP contribution in [-0.4, -0.2) is 55.1 Å².